The molecule has 1 rings (SSSR count). The Morgan fingerprint density at radius 2 is 2.16 bits per heavy atom. The summed E-state index contributed by atoms with van der Waals surface area (Å²) in [7, 11) is 0. The normalized spacial score (nSPS) is 11.8. The summed E-state index contributed by atoms with van der Waals surface area (Å²) in [6, 6.07) is 9.38. The first-order valence-electron chi connectivity index (χ1n) is 6.12. The number of carboxylic acids is 1. The van der Waals surface area contributed by atoms with Gasteiger partial charge in [-0.25, -0.2) is 0 Å². The summed E-state index contributed by atoms with van der Waals surface area (Å²) in [4.78, 5) is 12.9. The van der Waals surface area contributed by atoms with Crippen LogP contribution in [0.4, 0.5) is 0 Å². The maximum Gasteiger partial charge on any atom is 0.307 e. The van der Waals surface area contributed by atoms with Gasteiger partial charge < -0.3 is 5.11 Å². The van der Waals surface area contributed by atoms with Crippen LogP contribution < -0.4 is 0 Å². The standard InChI is InChI=1S/C15H18N2O2/c1-3-8-17(10-12(2)15(18)19)11-14-6-4-13(9-16)5-7-14/h3-7,12H,1,8,10-11H2,2H3,(H,18,19). The van der Waals surface area contributed by atoms with E-state index in [4.69, 9.17) is 10.4 Å². The van der Waals surface area contributed by atoms with Crippen LogP contribution in [0.1, 0.15) is 18.1 Å². The van der Waals surface area contributed by atoms with E-state index < -0.39 is 11.9 Å². The lowest BCUT2D eigenvalue weighted by Gasteiger charge is -2.22. The summed E-state index contributed by atoms with van der Waals surface area (Å²) >= 11 is 0. The highest BCUT2D eigenvalue weighted by molar-refractivity contribution is 5.69. The van der Waals surface area contributed by atoms with Gasteiger partial charge in [0.1, 0.15) is 0 Å². The van der Waals surface area contributed by atoms with Crippen molar-refractivity contribution in [3.8, 4) is 6.07 Å². The molecule has 0 amide bonds. The largest absolute Gasteiger partial charge is 0.481 e. The van der Waals surface area contributed by atoms with Crippen LogP contribution in [-0.4, -0.2) is 29.1 Å². The van der Waals surface area contributed by atoms with Crippen molar-refractivity contribution in [2.45, 2.75) is 13.5 Å². The number of nitriles is 1. The Kier molecular flexibility index (Phi) is 5.77. The smallest absolute Gasteiger partial charge is 0.307 e. The molecule has 1 N–H and O–H groups in total. The van der Waals surface area contributed by atoms with Gasteiger partial charge in [-0.1, -0.05) is 25.1 Å². The lowest BCUT2D eigenvalue weighted by molar-refractivity contribution is -0.141. The fraction of sp³-hybridized carbons (Fsp3) is 0.333. The molecule has 0 bridgehead atoms. The summed E-state index contributed by atoms with van der Waals surface area (Å²) in [6.07, 6.45) is 1.76. The van der Waals surface area contributed by atoms with Crippen LogP contribution in [0.25, 0.3) is 0 Å². The van der Waals surface area contributed by atoms with Gasteiger partial charge in [-0.3, -0.25) is 9.69 Å². The van der Waals surface area contributed by atoms with Gasteiger partial charge in [0.2, 0.25) is 0 Å². The molecule has 100 valence electrons. The molecule has 0 aliphatic heterocycles. The number of aliphatic carboxylic acids is 1. The molecule has 0 radical (unpaired) electrons. The molecule has 0 aliphatic carbocycles. The molecular formula is C15H18N2O2. The van der Waals surface area contributed by atoms with E-state index in [1.54, 1.807) is 25.1 Å². The Labute approximate surface area is 113 Å². The average molecular weight is 258 g/mol. The summed E-state index contributed by atoms with van der Waals surface area (Å²) in [5.74, 6) is -1.22. The van der Waals surface area contributed by atoms with Crippen molar-refractivity contribution >= 4 is 5.97 Å². The Morgan fingerprint density at radius 3 is 2.63 bits per heavy atom. The zero-order chi connectivity index (χ0) is 14.3. The van der Waals surface area contributed by atoms with E-state index in [0.717, 1.165) is 5.56 Å². The molecular weight excluding hydrogens is 240 g/mol. The summed E-state index contributed by atoms with van der Waals surface area (Å²) in [6.45, 7) is 7.14. The van der Waals surface area contributed by atoms with Gasteiger partial charge >= 0.3 is 5.97 Å². The third-order valence-corrected chi connectivity index (χ3v) is 2.83. The molecule has 4 nitrogen and oxygen atoms in total. The zero-order valence-corrected chi connectivity index (χ0v) is 11.0. The predicted octanol–water partition coefficient (Wildman–Crippen LogP) is 2.27. The van der Waals surface area contributed by atoms with Gasteiger partial charge in [0, 0.05) is 19.6 Å². The van der Waals surface area contributed by atoms with E-state index in [0.29, 0.717) is 25.2 Å². The second kappa shape index (κ2) is 7.34. The molecule has 0 aromatic heterocycles. The van der Waals surface area contributed by atoms with Crippen LogP contribution in [0.3, 0.4) is 0 Å². The highest BCUT2D eigenvalue weighted by atomic mass is 16.4. The van der Waals surface area contributed by atoms with E-state index in [-0.39, 0.29) is 0 Å². The first kappa shape index (κ1) is 14.9. The second-order valence-electron chi connectivity index (χ2n) is 4.53. The van der Waals surface area contributed by atoms with E-state index >= 15 is 0 Å². The molecule has 1 aromatic carbocycles. The molecule has 19 heavy (non-hydrogen) atoms. The topological polar surface area (TPSA) is 64.3 Å². The van der Waals surface area contributed by atoms with Crippen molar-refractivity contribution in [1.29, 1.82) is 5.26 Å². The Hall–Kier alpha value is -2.12. The zero-order valence-electron chi connectivity index (χ0n) is 11.0. The maximum atomic E-state index is 10.9. The molecule has 0 saturated carbocycles. The molecule has 0 aliphatic rings. The third-order valence-electron chi connectivity index (χ3n) is 2.83. The lowest BCUT2D eigenvalue weighted by Crippen LogP contribution is -2.31. The van der Waals surface area contributed by atoms with E-state index in [9.17, 15) is 4.79 Å². The fourth-order valence-corrected chi connectivity index (χ4v) is 1.79. The fourth-order valence-electron chi connectivity index (χ4n) is 1.79. The van der Waals surface area contributed by atoms with Crippen molar-refractivity contribution in [3.05, 3.63) is 48.0 Å². The molecule has 1 aromatic rings. The minimum atomic E-state index is -0.797. The molecule has 4 heteroatoms. The first-order valence-corrected chi connectivity index (χ1v) is 6.12. The van der Waals surface area contributed by atoms with Gasteiger partial charge in [0.15, 0.2) is 0 Å². The van der Waals surface area contributed by atoms with Crippen molar-refractivity contribution in [1.82, 2.24) is 4.90 Å². The molecule has 0 heterocycles. The highest BCUT2D eigenvalue weighted by Crippen LogP contribution is 2.09. The minimum Gasteiger partial charge on any atom is -0.481 e. The number of hydrogen-bond acceptors (Lipinski definition) is 3. The predicted molar refractivity (Wildman–Crippen MR) is 73.4 cm³/mol. The first-order chi connectivity index (χ1) is 9.06. The monoisotopic (exact) mass is 258 g/mol. The Morgan fingerprint density at radius 1 is 1.53 bits per heavy atom. The van der Waals surface area contributed by atoms with Gasteiger partial charge in [0.25, 0.3) is 0 Å². The van der Waals surface area contributed by atoms with Gasteiger partial charge in [-0.2, -0.15) is 5.26 Å². The van der Waals surface area contributed by atoms with Crippen LogP contribution in [0, 0.1) is 17.2 Å². The number of benzene rings is 1. The quantitative estimate of drug-likeness (QED) is 0.762. The Bertz CT molecular complexity index is 474. The highest BCUT2D eigenvalue weighted by Gasteiger charge is 2.15. The van der Waals surface area contributed by atoms with Gasteiger partial charge in [-0.15, -0.1) is 6.58 Å². The third kappa shape index (κ3) is 4.94. The van der Waals surface area contributed by atoms with Gasteiger partial charge in [0.05, 0.1) is 17.6 Å². The maximum absolute atomic E-state index is 10.9. The van der Waals surface area contributed by atoms with E-state index in [2.05, 4.69) is 12.6 Å². The van der Waals surface area contributed by atoms with Crippen LogP contribution in [-0.2, 0) is 11.3 Å². The molecule has 0 fully saturated rings. The Balaban J connectivity index is 2.69. The number of nitrogens with zero attached hydrogens (tertiary/aromatic N) is 2. The number of rotatable bonds is 7. The van der Waals surface area contributed by atoms with Crippen molar-refractivity contribution in [2.24, 2.45) is 5.92 Å². The number of carbonyl (C=O) groups is 1. The summed E-state index contributed by atoms with van der Waals surface area (Å²) in [5.41, 5.74) is 1.68. The van der Waals surface area contributed by atoms with Crippen LogP contribution in [0.2, 0.25) is 0 Å². The summed E-state index contributed by atoms with van der Waals surface area (Å²) in [5, 5.41) is 17.7. The van der Waals surface area contributed by atoms with Crippen molar-refractivity contribution < 1.29 is 9.90 Å². The molecule has 0 spiro atoms. The van der Waals surface area contributed by atoms with Crippen LogP contribution >= 0.6 is 0 Å². The van der Waals surface area contributed by atoms with Crippen molar-refractivity contribution in [3.63, 3.8) is 0 Å². The SMILES string of the molecule is C=CCN(Cc1ccc(C#N)cc1)CC(C)C(=O)O. The molecule has 0 saturated heterocycles. The number of carboxylic acid groups (broad SMARTS) is 1. The van der Waals surface area contributed by atoms with E-state index in [1.165, 1.54) is 0 Å². The number of hydrogen-bond donors (Lipinski definition) is 1. The molecule has 1 unspecified atom stereocenters. The minimum absolute atomic E-state index is 0.418. The van der Waals surface area contributed by atoms with Crippen LogP contribution in [0.15, 0.2) is 36.9 Å². The van der Waals surface area contributed by atoms with Crippen molar-refractivity contribution in [2.75, 3.05) is 13.1 Å². The lowest BCUT2D eigenvalue weighted by atomic mass is 10.1. The second-order valence-corrected chi connectivity index (χ2v) is 4.53. The molecule has 1 atom stereocenters. The van der Waals surface area contributed by atoms with E-state index in [1.807, 2.05) is 17.0 Å². The van der Waals surface area contributed by atoms with Gasteiger partial charge in [-0.05, 0) is 17.7 Å². The summed E-state index contributed by atoms with van der Waals surface area (Å²) < 4.78 is 0. The van der Waals surface area contributed by atoms with Crippen LogP contribution in [0.5, 0.6) is 0 Å². The average Bonchev–Trinajstić information content (AvgIpc) is 2.39.